The van der Waals surface area contributed by atoms with Crippen molar-refractivity contribution in [3.63, 3.8) is 0 Å². The number of hydrogen-bond acceptors (Lipinski definition) is 6. The molecule has 1 amide bonds. The van der Waals surface area contributed by atoms with Crippen LogP contribution in [-0.4, -0.2) is 67.9 Å². The van der Waals surface area contributed by atoms with E-state index >= 15 is 0 Å². The largest absolute Gasteiger partial charge is 0.381 e. The number of hydrogen-bond donors (Lipinski definition) is 2. The first kappa shape index (κ1) is 31.2. The Morgan fingerprint density at radius 1 is 1.07 bits per heavy atom. The Labute approximate surface area is 257 Å². The molecule has 0 radical (unpaired) electrons. The van der Waals surface area contributed by atoms with Gasteiger partial charge in [0.15, 0.2) is 0 Å². The molecule has 0 unspecified atom stereocenters. The van der Waals surface area contributed by atoms with Crippen molar-refractivity contribution in [2.24, 2.45) is 0 Å². The van der Waals surface area contributed by atoms with E-state index in [2.05, 4.69) is 57.4 Å². The zero-order valence-corrected chi connectivity index (χ0v) is 25.9. The van der Waals surface area contributed by atoms with E-state index in [4.69, 9.17) is 21.1 Å². The second-order valence-corrected chi connectivity index (χ2v) is 11.6. The molecule has 0 atom stereocenters. The fourth-order valence-corrected chi connectivity index (χ4v) is 6.26. The Hall–Kier alpha value is -3.24. The number of rotatable bonds is 9. The van der Waals surface area contributed by atoms with E-state index in [0.29, 0.717) is 30.3 Å². The number of morpholine rings is 1. The Morgan fingerprint density at radius 2 is 1.74 bits per heavy atom. The normalized spacial score (nSPS) is 16.3. The van der Waals surface area contributed by atoms with Gasteiger partial charge in [-0.15, -0.1) is 0 Å². The third kappa shape index (κ3) is 7.12. The van der Waals surface area contributed by atoms with Gasteiger partial charge in [-0.3, -0.25) is 14.5 Å². The molecule has 3 aromatic rings. The Balaban J connectivity index is 1.47. The average molecular weight is 611 g/mol. The minimum Gasteiger partial charge on any atom is -0.381 e. The molecule has 8 nitrogen and oxygen atoms in total. The van der Waals surface area contributed by atoms with Crippen molar-refractivity contribution in [1.29, 1.82) is 0 Å². The molecule has 2 saturated heterocycles. The van der Waals surface area contributed by atoms with E-state index in [1.807, 2.05) is 0 Å². The number of aromatic nitrogens is 1. The topological polar surface area (TPSA) is 86.9 Å². The van der Waals surface area contributed by atoms with Crippen LogP contribution >= 0.6 is 11.6 Å². The number of amides is 1. The Kier molecular flexibility index (Phi) is 10.2. The third-order valence-corrected chi connectivity index (χ3v) is 8.89. The minimum atomic E-state index is -0.488. The number of benzene rings is 2. The average Bonchev–Trinajstić information content (AvgIpc) is 3.02. The van der Waals surface area contributed by atoms with Crippen LogP contribution < -0.4 is 15.8 Å². The molecule has 0 saturated carbocycles. The van der Waals surface area contributed by atoms with E-state index in [1.54, 1.807) is 13.0 Å². The number of halogens is 2. The number of nitrogens with zero attached hydrogens (tertiary/aromatic N) is 2. The first-order chi connectivity index (χ1) is 20.8. The zero-order valence-electron chi connectivity index (χ0n) is 25.1. The van der Waals surface area contributed by atoms with Gasteiger partial charge in [0.25, 0.3) is 11.5 Å². The summed E-state index contributed by atoms with van der Waals surface area (Å²) in [4.78, 5) is 33.4. The summed E-state index contributed by atoms with van der Waals surface area (Å²) in [6.45, 7) is 11.3. The molecule has 43 heavy (non-hydrogen) atoms. The van der Waals surface area contributed by atoms with E-state index in [-0.39, 0.29) is 29.4 Å². The fraction of sp³-hybridized carbons (Fsp3) is 0.455. The number of aromatic amines is 1. The smallest absolute Gasteiger partial charge is 0.253 e. The standard InChI is InChI=1S/C33H40ClFN4O4/c1-4-39(26-9-13-42-14-10-26)29-18-25(24-7-5-23(6-8-24)20-38-11-15-43-16-12-38)17-27(30(29)34)32(40)36-19-28-21(2)31(35)22(3)37-33(28)41/h5-8,17-18,26H,4,9-16,19-20H2,1-3H3,(H,36,40)(H,37,41). The first-order valence-corrected chi connectivity index (χ1v) is 15.4. The molecule has 10 heteroatoms. The van der Waals surface area contributed by atoms with Crippen molar-refractivity contribution >= 4 is 23.2 Å². The maximum Gasteiger partial charge on any atom is 0.253 e. The zero-order chi connectivity index (χ0) is 30.5. The summed E-state index contributed by atoms with van der Waals surface area (Å²) >= 11 is 7.00. The van der Waals surface area contributed by atoms with Gasteiger partial charge >= 0.3 is 0 Å². The van der Waals surface area contributed by atoms with Crippen molar-refractivity contribution in [3.05, 3.63) is 85.5 Å². The maximum atomic E-state index is 14.5. The fourth-order valence-electron chi connectivity index (χ4n) is 5.95. The van der Waals surface area contributed by atoms with Crippen LogP contribution in [0.5, 0.6) is 0 Å². The van der Waals surface area contributed by atoms with Gasteiger partial charge in [0.2, 0.25) is 0 Å². The number of carbonyl (C=O) groups is 1. The van der Waals surface area contributed by atoms with E-state index < -0.39 is 17.3 Å². The second kappa shape index (κ2) is 14.0. The van der Waals surface area contributed by atoms with E-state index in [1.165, 1.54) is 12.5 Å². The summed E-state index contributed by atoms with van der Waals surface area (Å²) in [5.41, 5.74) is 4.27. The Morgan fingerprint density at radius 3 is 2.42 bits per heavy atom. The first-order valence-electron chi connectivity index (χ1n) is 15.0. The van der Waals surface area contributed by atoms with Crippen LogP contribution in [-0.2, 0) is 22.6 Å². The minimum absolute atomic E-state index is 0.124. The number of nitrogens with one attached hydrogen (secondary N) is 2. The summed E-state index contributed by atoms with van der Waals surface area (Å²) in [5, 5.41) is 3.16. The summed E-state index contributed by atoms with van der Waals surface area (Å²) < 4.78 is 25.6. The van der Waals surface area contributed by atoms with Crippen LogP contribution in [0.15, 0.2) is 41.2 Å². The highest BCUT2D eigenvalue weighted by Gasteiger charge is 2.26. The molecule has 2 fully saturated rings. The van der Waals surface area contributed by atoms with Gasteiger partial charge in [-0.25, -0.2) is 4.39 Å². The van der Waals surface area contributed by atoms with E-state index in [9.17, 15) is 14.0 Å². The van der Waals surface area contributed by atoms with Gasteiger partial charge < -0.3 is 24.7 Å². The van der Waals surface area contributed by atoms with Crippen LogP contribution in [0.4, 0.5) is 10.1 Å². The molecule has 2 aliphatic heterocycles. The Bertz CT molecular complexity index is 1500. The summed E-state index contributed by atoms with van der Waals surface area (Å²) in [5.74, 6) is -0.918. The number of pyridine rings is 1. The lowest BCUT2D eigenvalue weighted by molar-refractivity contribution is 0.0342. The van der Waals surface area contributed by atoms with Crippen molar-refractivity contribution in [2.75, 3.05) is 51.0 Å². The van der Waals surface area contributed by atoms with Gasteiger partial charge in [-0.1, -0.05) is 35.9 Å². The van der Waals surface area contributed by atoms with Gasteiger partial charge in [-0.2, -0.15) is 0 Å². The summed E-state index contributed by atoms with van der Waals surface area (Å²) in [6, 6.07) is 12.5. The van der Waals surface area contributed by atoms with Gasteiger partial charge in [-0.05, 0) is 68.0 Å². The third-order valence-electron chi connectivity index (χ3n) is 8.49. The SMILES string of the molecule is CCN(c1cc(-c2ccc(CN3CCOCC3)cc2)cc(C(=O)NCc2c(C)c(F)c(C)[nH]c2=O)c1Cl)C1CCOCC1. The van der Waals surface area contributed by atoms with Crippen LogP contribution in [0, 0.1) is 19.7 Å². The lowest BCUT2D eigenvalue weighted by atomic mass is 9.98. The van der Waals surface area contributed by atoms with Crippen molar-refractivity contribution in [2.45, 2.75) is 52.7 Å². The monoisotopic (exact) mass is 610 g/mol. The molecule has 2 aromatic carbocycles. The molecule has 2 aliphatic rings. The van der Waals surface area contributed by atoms with Crippen LogP contribution in [0.2, 0.25) is 5.02 Å². The van der Waals surface area contributed by atoms with E-state index in [0.717, 1.165) is 62.5 Å². The number of aryl methyl sites for hydroxylation is 1. The van der Waals surface area contributed by atoms with Crippen molar-refractivity contribution < 1.29 is 18.7 Å². The molecule has 0 bridgehead atoms. The van der Waals surface area contributed by atoms with Crippen molar-refractivity contribution in [3.8, 4) is 11.1 Å². The molecular formula is C33H40ClFN4O4. The second-order valence-electron chi connectivity index (χ2n) is 11.3. The number of carbonyl (C=O) groups excluding carboxylic acids is 1. The predicted molar refractivity (Wildman–Crippen MR) is 168 cm³/mol. The quantitative estimate of drug-likeness (QED) is 0.346. The highest BCUT2D eigenvalue weighted by Crippen LogP contribution is 2.37. The molecule has 2 N–H and O–H groups in total. The van der Waals surface area contributed by atoms with Crippen LogP contribution in [0.1, 0.15) is 52.5 Å². The lowest BCUT2D eigenvalue weighted by Gasteiger charge is -2.36. The van der Waals surface area contributed by atoms with Gasteiger partial charge in [0, 0.05) is 57.5 Å². The van der Waals surface area contributed by atoms with Crippen LogP contribution in [0.25, 0.3) is 11.1 Å². The molecule has 3 heterocycles. The highest BCUT2D eigenvalue weighted by atomic mass is 35.5. The summed E-state index contributed by atoms with van der Waals surface area (Å²) in [6.07, 6.45) is 1.74. The molecule has 0 aliphatic carbocycles. The molecule has 230 valence electrons. The molecule has 5 rings (SSSR count). The number of H-pyrrole nitrogens is 1. The number of anilines is 1. The van der Waals surface area contributed by atoms with Crippen molar-refractivity contribution in [1.82, 2.24) is 15.2 Å². The molecule has 1 aromatic heterocycles. The highest BCUT2D eigenvalue weighted by molar-refractivity contribution is 6.36. The van der Waals surface area contributed by atoms with Crippen LogP contribution in [0.3, 0.4) is 0 Å². The summed E-state index contributed by atoms with van der Waals surface area (Å²) in [7, 11) is 0. The molecular weight excluding hydrogens is 571 g/mol. The molecule has 0 spiro atoms. The number of ether oxygens (including phenoxy) is 2. The lowest BCUT2D eigenvalue weighted by Crippen LogP contribution is -2.40. The predicted octanol–water partition coefficient (Wildman–Crippen LogP) is 5.22. The van der Waals surface area contributed by atoms with Gasteiger partial charge in [0.05, 0.1) is 35.2 Å². The van der Waals surface area contributed by atoms with Gasteiger partial charge in [0.1, 0.15) is 5.82 Å². The maximum absolute atomic E-state index is 14.5.